The molecule has 1 aromatic heterocycles. The van der Waals surface area contributed by atoms with E-state index in [0.717, 1.165) is 6.42 Å². The molecule has 0 radical (unpaired) electrons. The number of benzene rings is 1. The predicted molar refractivity (Wildman–Crippen MR) is 86.4 cm³/mol. The van der Waals surface area contributed by atoms with Gasteiger partial charge in [0, 0.05) is 31.7 Å². The second kappa shape index (κ2) is 6.33. The molecule has 2 aromatic rings. The van der Waals surface area contributed by atoms with E-state index >= 15 is 0 Å². The third-order valence-electron chi connectivity index (χ3n) is 2.96. The number of hydrogen-bond acceptors (Lipinski definition) is 2. The fraction of sp³-hybridized carbons (Fsp3) is 0.286. The van der Waals surface area contributed by atoms with Gasteiger partial charge >= 0.3 is 0 Å². The van der Waals surface area contributed by atoms with E-state index in [0.29, 0.717) is 6.04 Å². The highest BCUT2D eigenvalue weighted by Crippen LogP contribution is 2.27. The lowest BCUT2D eigenvalue weighted by Gasteiger charge is -2.16. The summed E-state index contributed by atoms with van der Waals surface area (Å²) in [5.41, 5.74) is 2.61. The summed E-state index contributed by atoms with van der Waals surface area (Å²) in [5.74, 6) is 0. The smallest absolute Gasteiger partial charge is 0.0366 e. The molecule has 18 heavy (non-hydrogen) atoms. The zero-order valence-electron chi connectivity index (χ0n) is 10.3. The van der Waals surface area contributed by atoms with Crippen molar-refractivity contribution in [3.05, 3.63) is 54.6 Å². The molecule has 1 unspecified atom stereocenters. The molecule has 96 valence electrons. The highest BCUT2D eigenvalue weighted by molar-refractivity contribution is 9.10. The molecule has 0 spiro atoms. The van der Waals surface area contributed by atoms with Gasteiger partial charge in [-0.15, -0.1) is 11.3 Å². The first-order valence-corrected chi connectivity index (χ1v) is 8.23. The van der Waals surface area contributed by atoms with E-state index in [2.05, 4.69) is 73.7 Å². The molecule has 0 aliphatic rings. The van der Waals surface area contributed by atoms with E-state index in [1.807, 2.05) is 7.05 Å². The lowest BCUT2D eigenvalue weighted by atomic mass is 10.0. The zero-order valence-corrected chi connectivity index (χ0v) is 14.3. The Balaban J connectivity index is 2.19. The quantitative estimate of drug-likeness (QED) is 0.769. The molecule has 1 nitrogen and oxygen atoms in total. The Kier molecular flexibility index (Phi) is 5.01. The van der Waals surface area contributed by atoms with Crippen LogP contribution in [0, 0.1) is 6.92 Å². The monoisotopic (exact) mass is 387 g/mol. The van der Waals surface area contributed by atoms with Gasteiger partial charge in [-0.2, -0.15) is 0 Å². The highest BCUT2D eigenvalue weighted by atomic mass is 79.9. The van der Waals surface area contributed by atoms with E-state index in [1.165, 1.54) is 24.9 Å². The van der Waals surface area contributed by atoms with Crippen molar-refractivity contribution in [2.45, 2.75) is 19.4 Å². The van der Waals surface area contributed by atoms with Gasteiger partial charge in [0.05, 0.1) is 0 Å². The van der Waals surface area contributed by atoms with Crippen LogP contribution < -0.4 is 5.32 Å². The van der Waals surface area contributed by atoms with E-state index in [4.69, 9.17) is 0 Å². The molecule has 1 aromatic carbocycles. The van der Waals surface area contributed by atoms with Crippen LogP contribution in [0.2, 0.25) is 0 Å². The summed E-state index contributed by atoms with van der Waals surface area (Å²) in [6, 6.07) is 9.11. The minimum absolute atomic E-state index is 0.363. The second-order valence-corrected chi connectivity index (χ2v) is 7.05. The normalized spacial score (nSPS) is 12.7. The predicted octanol–water partition coefficient (Wildman–Crippen LogP) is 5.08. The topological polar surface area (TPSA) is 12.0 Å². The van der Waals surface area contributed by atoms with Crippen molar-refractivity contribution in [2.75, 3.05) is 7.05 Å². The third-order valence-corrected chi connectivity index (χ3v) is 5.57. The van der Waals surface area contributed by atoms with Gasteiger partial charge in [-0.1, -0.05) is 28.1 Å². The first-order chi connectivity index (χ1) is 8.60. The molecule has 2 rings (SSSR count). The summed E-state index contributed by atoms with van der Waals surface area (Å²) in [6.07, 6.45) is 1.02. The molecule has 0 aliphatic carbocycles. The van der Waals surface area contributed by atoms with E-state index in [1.54, 1.807) is 11.3 Å². The molecular weight excluding hydrogens is 374 g/mol. The van der Waals surface area contributed by atoms with Gasteiger partial charge < -0.3 is 5.32 Å². The van der Waals surface area contributed by atoms with Crippen molar-refractivity contribution >= 4 is 43.2 Å². The van der Waals surface area contributed by atoms with Gasteiger partial charge in [0.15, 0.2) is 0 Å². The minimum atomic E-state index is 0.363. The largest absolute Gasteiger partial charge is 0.313 e. The molecule has 4 heteroatoms. The van der Waals surface area contributed by atoms with Crippen molar-refractivity contribution < 1.29 is 0 Å². The van der Waals surface area contributed by atoms with Gasteiger partial charge in [-0.05, 0) is 53.2 Å². The van der Waals surface area contributed by atoms with Crippen molar-refractivity contribution in [3.63, 3.8) is 0 Å². The van der Waals surface area contributed by atoms with Gasteiger partial charge in [-0.25, -0.2) is 0 Å². The Bertz CT molecular complexity index is 536. The fourth-order valence-corrected chi connectivity index (χ4v) is 3.68. The number of hydrogen-bond donors (Lipinski definition) is 1. The van der Waals surface area contributed by atoms with Crippen LogP contribution in [0.5, 0.6) is 0 Å². The number of likely N-dealkylation sites (N-methyl/N-ethyl adjacent to an activating group) is 1. The Hall–Kier alpha value is -0.160. The maximum atomic E-state index is 3.55. The first-order valence-electron chi connectivity index (χ1n) is 5.76. The number of rotatable bonds is 4. The second-order valence-electron chi connectivity index (χ2n) is 4.29. The van der Waals surface area contributed by atoms with Crippen LogP contribution in [0.25, 0.3) is 0 Å². The lowest BCUT2D eigenvalue weighted by molar-refractivity contribution is 0.596. The van der Waals surface area contributed by atoms with Crippen LogP contribution in [-0.2, 0) is 6.42 Å². The van der Waals surface area contributed by atoms with Crippen molar-refractivity contribution in [2.24, 2.45) is 0 Å². The number of halogens is 2. The Morgan fingerprint density at radius 1 is 1.28 bits per heavy atom. The summed E-state index contributed by atoms with van der Waals surface area (Å²) in [7, 11) is 2.02. The Morgan fingerprint density at radius 3 is 2.61 bits per heavy atom. The van der Waals surface area contributed by atoms with Gasteiger partial charge in [0.2, 0.25) is 0 Å². The van der Waals surface area contributed by atoms with E-state index in [-0.39, 0.29) is 0 Å². The summed E-state index contributed by atoms with van der Waals surface area (Å²) in [4.78, 5) is 1.39. The van der Waals surface area contributed by atoms with Crippen molar-refractivity contribution in [1.82, 2.24) is 5.32 Å². The fourth-order valence-electron chi connectivity index (χ4n) is 1.93. The summed E-state index contributed by atoms with van der Waals surface area (Å²) < 4.78 is 2.34. The summed E-state index contributed by atoms with van der Waals surface area (Å²) in [5, 5.41) is 5.53. The van der Waals surface area contributed by atoms with Gasteiger partial charge in [0.25, 0.3) is 0 Å². The molecule has 1 N–H and O–H groups in total. The van der Waals surface area contributed by atoms with Crippen LogP contribution >= 0.6 is 43.2 Å². The summed E-state index contributed by atoms with van der Waals surface area (Å²) in [6.45, 7) is 2.13. The summed E-state index contributed by atoms with van der Waals surface area (Å²) >= 11 is 8.85. The Morgan fingerprint density at radius 2 is 2.06 bits per heavy atom. The van der Waals surface area contributed by atoms with Gasteiger partial charge in [-0.3, -0.25) is 0 Å². The number of nitrogens with one attached hydrogen (secondary N) is 1. The van der Waals surface area contributed by atoms with Crippen LogP contribution in [0.4, 0.5) is 0 Å². The van der Waals surface area contributed by atoms with Crippen LogP contribution in [0.15, 0.2) is 38.6 Å². The van der Waals surface area contributed by atoms with Gasteiger partial charge in [0.1, 0.15) is 0 Å². The number of thiophene rings is 1. The minimum Gasteiger partial charge on any atom is -0.313 e. The average Bonchev–Trinajstić information content (AvgIpc) is 2.75. The molecule has 1 heterocycles. The molecule has 0 saturated heterocycles. The van der Waals surface area contributed by atoms with Crippen molar-refractivity contribution in [1.29, 1.82) is 0 Å². The van der Waals surface area contributed by atoms with E-state index < -0.39 is 0 Å². The standard InChI is InChI=1S/C14H15Br2NS/c1-9-5-10(3-4-13(9)16)14(17-2)7-12-6-11(15)8-18-12/h3-6,8,14,17H,7H2,1-2H3. The SMILES string of the molecule is CNC(Cc1cc(Br)cs1)c1ccc(Br)c(C)c1. The van der Waals surface area contributed by atoms with E-state index in [9.17, 15) is 0 Å². The first kappa shape index (κ1) is 14.3. The highest BCUT2D eigenvalue weighted by Gasteiger charge is 2.12. The molecule has 0 amide bonds. The zero-order chi connectivity index (χ0) is 13.1. The maximum Gasteiger partial charge on any atom is 0.0366 e. The van der Waals surface area contributed by atoms with Crippen molar-refractivity contribution in [3.8, 4) is 0 Å². The third kappa shape index (κ3) is 3.44. The Labute approximate surface area is 129 Å². The molecule has 0 aliphatic heterocycles. The van der Waals surface area contributed by atoms with Crippen LogP contribution in [-0.4, -0.2) is 7.05 Å². The molecule has 0 bridgehead atoms. The van der Waals surface area contributed by atoms with Crippen LogP contribution in [0.3, 0.4) is 0 Å². The molecule has 0 saturated carbocycles. The maximum absolute atomic E-state index is 3.55. The molecule has 0 fully saturated rings. The molecular formula is C14H15Br2NS. The van der Waals surface area contributed by atoms with Crippen LogP contribution in [0.1, 0.15) is 22.0 Å². The number of aryl methyl sites for hydroxylation is 1. The molecule has 1 atom stereocenters. The average molecular weight is 389 g/mol. The lowest BCUT2D eigenvalue weighted by Crippen LogP contribution is -2.18.